The number of aliphatic imine (C=N–C) groups is 2. The number of carbonyl (C=O) groups is 2. The predicted octanol–water partition coefficient (Wildman–Crippen LogP) is 4.33. The molecule has 0 radical (unpaired) electrons. The topological polar surface area (TPSA) is 105 Å². The molecule has 35 heavy (non-hydrogen) atoms. The van der Waals surface area contributed by atoms with Crippen molar-refractivity contribution < 1.29 is 39.3 Å². The number of hydrogen-bond donors (Lipinski definition) is 0. The molecule has 2 aromatic carbocycles. The second-order valence-electron chi connectivity index (χ2n) is 7.11. The molecule has 0 unspecified atom stereocenters. The molecule has 0 aromatic heterocycles. The van der Waals surface area contributed by atoms with Gasteiger partial charge in [-0.3, -0.25) is 9.59 Å². The minimum atomic E-state index is -0.187. The fraction of sp³-hybridized carbons (Fsp3) is 0.143. The minimum Gasteiger partial charge on any atom is -0.876 e. The molecule has 0 saturated carbocycles. The second kappa shape index (κ2) is 17.7. The molecule has 0 bridgehead atoms. The van der Waals surface area contributed by atoms with Crippen LogP contribution in [0.1, 0.15) is 27.7 Å². The van der Waals surface area contributed by atoms with E-state index in [1.807, 2.05) is 85.0 Å². The van der Waals surface area contributed by atoms with E-state index in [-0.39, 0.29) is 42.6 Å². The molecular formula is C28H28N2O4Ru. The first-order valence-corrected chi connectivity index (χ1v) is 10.5. The van der Waals surface area contributed by atoms with Crippen LogP contribution in [0.5, 0.6) is 0 Å². The van der Waals surface area contributed by atoms with Gasteiger partial charge in [0.05, 0.1) is 22.8 Å². The van der Waals surface area contributed by atoms with Gasteiger partial charge < -0.3 is 10.2 Å². The summed E-state index contributed by atoms with van der Waals surface area (Å²) < 4.78 is 0. The quantitative estimate of drug-likeness (QED) is 0.241. The Bertz CT molecular complexity index is 1030. The van der Waals surface area contributed by atoms with Gasteiger partial charge in [0.1, 0.15) is 0 Å². The number of carbonyl (C=O) groups excluding carboxylic acids is 2. The van der Waals surface area contributed by atoms with Crippen molar-refractivity contribution in [3.8, 4) is 0 Å². The van der Waals surface area contributed by atoms with E-state index in [9.17, 15) is 19.8 Å². The van der Waals surface area contributed by atoms with E-state index in [4.69, 9.17) is 0 Å². The van der Waals surface area contributed by atoms with Crippen molar-refractivity contribution >= 4 is 34.4 Å². The van der Waals surface area contributed by atoms with Crippen LogP contribution in [-0.2, 0) is 29.1 Å². The van der Waals surface area contributed by atoms with Crippen LogP contribution in [0.4, 0.5) is 11.4 Å². The van der Waals surface area contributed by atoms with Gasteiger partial charge in [-0.25, -0.2) is 9.98 Å². The van der Waals surface area contributed by atoms with Crippen LogP contribution in [-0.4, -0.2) is 23.0 Å². The standard InChI is InChI=1S/C18H14N2.2C5H8O2.Ru/c1-3-9-15(10-4-1)19-17-13-7-8-14-18(17)20-16-11-5-2-6-12-16;2*1-4(6)3-5(2)7;/h1-14H;2*3,6H,1-2H3;/q;;;+2/p-2/b;2*4-3-;. The van der Waals surface area contributed by atoms with E-state index in [1.165, 1.54) is 27.7 Å². The average molecular weight is 558 g/mol. The van der Waals surface area contributed by atoms with Crippen molar-refractivity contribution in [3.05, 3.63) is 109 Å². The number of ketones is 2. The smallest absolute Gasteiger partial charge is 0.876 e. The van der Waals surface area contributed by atoms with E-state index < -0.39 is 0 Å². The Hall–Kier alpha value is -3.70. The van der Waals surface area contributed by atoms with Gasteiger partial charge in [-0.05, 0) is 62.4 Å². The summed E-state index contributed by atoms with van der Waals surface area (Å²) in [6.07, 6.45) is 10.0. The number of benzene rings is 2. The molecule has 1 aliphatic carbocycles. The van der Waals surface area contributed by atoms with Crippen LogP contribution in [0.15, 0.2) is 119 Å². The Morgan fingerprint density at radius 1 is 0.629 bits per heavy atom. The largest absolute Gasteiger partial charge is 2.00 e. The molecule has 2 aromatic rings. The van der Waals surface area contributed by atoms with Gasteiger partial charge in [-0.2, -0.15) is 0 Å². The van der Waals surface area contributed by atoms with Gasteiger partial charge in [0.2, 0.25) is 0 Å². The maximum atomic E-state index is 9.98. The van der Waals surface area contributed by atoms with Gasteiger partial charge >= 0.3 is 19.5 Å². The Labute approximate surface area is 219 Å². The molecule has 0 atom stereocenters. The zero-order valence-corrected chi connectivity index (χ0v) is 21.9. The van der Waals surface area contributed by atoms with Crippen LogP contribution >= 0.6 is 0 Å². The third kappa shape index (κ3) is 15.7. The second-order valence-corrected chi connectivity index (χ2v) is 7.11. The summed E-state index contributed by atoms with van der Waals surface area (Å²) in [5.41, 5.74) is 3.62. The van der Waals surface area contributed by atoms with Crippen molar-refractivity contribution in [1.29, 1.82) is 0 Å². The fourth-order valence-corrected chi connectivity index (χ4v) is 2.51. The van der Waals surface area contributed by atoms with Gasteiger partial charge in [-0.15, -0.1) is 11.5 Å². The van der Waals surface area contributed by atoms with Crippen molar-refractivity contribution in [1.82, 2.24) is 0 Å². The van der Waals surface area contributed by atoms with Crippen LogP contribution in [0.25, 0.3) is 0 Å². The summed E-state index contributed by atoms with van der Waals surface area (Å²) >= 11 is 0. The first-order chi connectivity index (χ1) is 16.2. The molecule has 0 fully saturated rings. The van der Waals surface area contributed by atoms with E-state index in [1.54, 1.807) is 0 Å². The normalized spacial score (nSPS) is 14.7. The maximum Gasteiger partial charge on any atom is 2.00 e. The Kier molecular flexibility index (Phi) is 15.9. The maximum absolute atomic E-state index is 9.98. The molecule has 0 saturated heterocycles. The average Bonchev–Trinajstić information content (AvgIpc) is 2.76. The van der Waals surface area contributed by atoms with Crippen LogP contribution in [0.2, 0.25) is 0 Å². The van der Waals surface area contributed by atoms with Crippen molar-refractivity contribution in [3.63, 3.8) is 0 Å². The third-order valence-corrected chi connectivity index (χ3v) is 3.71. The summed E-state index contributed by atoms with van der Waals surface area (Å²) in [6, 6.07) is 19.8. The number of nitrogens with zero attached hydrogens (tertiary/aromatic N) is 2. The molecule has 0 N–H and O–H groups in total. The van der Waals surface area contributed by atoms with Gasteiger partial charge in [0, 0.05) is 0 Å². The molecule has 0 heterocycles. The number of allylic oxidation sites excluding steroid dienone is 8. The summed E-state index contributed by atoms with van der Waals surface area (Å²) in [7, 11) is 0. The van der Waals surface area contributed by atoms with Crippen molar-refractivity contribution in [2.45, 2.75) is 27.7 Å². The molecule has 6 nitrogen and oxygen atoms in total. The third-order valence-electron chi connectivity index (χ3n) is 3.71. The zero-order valence-electron chi connectivity index (χ0n) is 20.1. The molecule has 7 heteroatoms. The monoisotopic (exact) mass is 558 g/mol. The van der Waals surface area contributed by atoms with Crippen LogP contribution in [0, 0.1) is 0 Å². The number of para-hydroxylation sites is 2. The van der Waals surface area contributed by atoms with E-state index >= 15 is 0 Å². The summed E-state index contributed by atoms with van der Waals surface area (Å²) in [5.74, 6) is -0.750. The van der Waals surface area contributed by atoms with Crippen LogP contribution < -0.4 is 10.2 Å². The van der Waals surface area contributed by atoms with Gasteiger partial charge in [-0.1, -0.05) is 62.4 Å². The molecule has 0 spiro atoms. The first-order valence-electron chi connectivity index (χ1n) is 10.5. The van der Waals surface area contributed by atoms with E-state index in [0.717, 1.165) is 35.0 Å². The summed E-state index contributed by atoms with van der Waals surface area (Å²) in [5, 5.41) is 20.0. The minimum absolute atomic E-state index is 0. The van der Waals surface area contributed by atoms with E-state index in [2.05, 4.69) is 9.98 Å². The SMILES string of the molecule is C1=CC(=Nc2ccccc2)C(=Nc2ccccc2)C=C1.CC(=O)/C=C(/C)[O-].CC(=O)/C=C(/C)[O-].[Ru+2]. The van der Waals surface area contributed by atoms with Gasteiger partial charge in [0.15, 0.2) is 11.6 Å². The summed E-state index contributed by atoms with van der Waals surface area (Å²) in [6.45, 7) is 5.39. The summed E-state index contributed by atoms with van der Waals surface area (Å²) in [4.78, 5) is 29.2. The van der Waals surface area contributed by atoms with Crippen molar-refractivity contribution in [2.24, 2.45) is 9.98 Å². The van der Waals surface area contributed by atoms with E-state index in [0.29, 0.717) is 0 Å². The molecule has 3 rings (SSSR count). The number of rotatable bonds is 4. The first kappa shape index (κ1) is 31.3. The predicted molar refractivity (Wildman–Crippen MR) is 134 cm³/mol. The fourth-order valence-electron chi connectivity index (χ4n) is 2.51. The van der Waals surface area contributed by atoms with Crippen molar-refractivity contribution in [2.75, 3.05) is 0 Å². The molecule has 1 aliphatic rings. The Balaban J connectivity index is 0.000000644. The molecule has 0 amide bonds. The number of hydrogen-bond acceptors (Lipinski definition) is 6. The Morgan fingerprint density at radius 2 is 0.943 bits per heavy atom. The molecule has 182 valence electrons. The zero-order chi connectivity index (χ0) is 25.3. The van der Waals surface area contributed by atoms with Gasteiger partial charge in [0.25, 0.3) is 0 Å². The molecule has 0 aliphatic heterocycles. The molecular weight excluding hydrogens is 529 g/mol. The Morgan fingerprint density at radius 3 is 1.17 bits per heavy atom. The van der Waals surface area contributed by atoms with Crippen LogP contribution in [0.3, 0.4) is 0 Å².